The van der Waals surface area contributed by atoms with Gasteiger partial charge in [0.1, 0.15) is 0 Å². The first-order chi connectivity index (χ1) is 9.97. The highest BCUT2D eigenvalue weighted by atomic mass is 35.5. The van der Waals surface area contributed by atoms with E-state index in [4.69, 9.17) is 11.6 Å². The molecule has 0 unspecified atom stereocenters. The fourth-order valence-electron chi connectivity index (χ4n) is 1.74. The van der Waals surface area contributed by atoms with Gasteiger partial charge in [-0.1, -0.05) is 23.7 Å². The third kappa shape index (κ3) is 4.06. The molecule has 0 heterocycles. The van der Waals surface area contributed by atoms with Crippen molar-refractivity contribution in [1.82, 2.24) is 0 Å². The Hall–Kier alpha value is -1.85. The van der Waals surface area contributed by atoms with Gasteiger partial charge in [0, 0.05) is 27.1 Å². The lowest BCUT2D eigenvalue weighted by Crippen LogP contribution is -2.04. The van der Waals surface area contributed by atoms with E-state index in [0.717, 1.165) is 4.90 Å². The van der Waals surface area contributed by atoms with Gasteiger partial charge in [0.2, 0.25) is 0 Å². The van der Waals surface area contributed by atoms with Crippen LogP contribution in [0.2, 0.25) is 5.02 Å². The van der Waals surface area contributed by atoms with E-state index in [1.165, 1.54) is 17.8 Å². The van der Waals surface area contributed by atoms with Gasteiger partial charge in [-0.3, -0.25) is 14.9 Å². The van der Waals surface area contributed by atoms with Crippen LogP contribution in [0.25, 0.3) is 0 Å². The lowest BCUT2D eigenvalue weighted by Gasteiger charge is -2.03. The number of thioether (sulfide) groups is 1. The van der Waals surface area contributed by atoms with Crippen molar-refractivity contribution in [3.63, 3.8) is 0 Å². The Morgan fingerprint density at radius 3 is 2.52 bits per heavy atom. The third-order valence-corrected chi connectivity index (χ3v) is 4.18. The molecule has 0 aliphatic carbocycles. The van der Waals surface area contributed by atoms with Crippen molar-refractivity contribution in [3.05, 3.63) is 68.7 Å². The quantitative estimate of drug-likeness (QED) is 0.351. The second-order valence-electron chi connectivity index (χ2n) is 4.42. The molecular formula is C15H12ClNO3S. The summed E-state index contributed by atoms with van der Waals surface area (Å²) in [5.74, 6) is 0.0834. The minimum atomic E-state index is -0.474. The molecule has 0 spiro atoms. The Morgan fingerprint density at radius 2 is 1.90 bits per heavy atom. The highest BCUT2D eigenvalue weighted by molar-refractivity contribution is 8.00. The summed E-state index contributed by atoms with van der Waals surface area (Å²) in [5, 5.41) is 11.5. The van der Waals surface area contributed by atoms with E-state index in [1.54, 1.807) is 31.2 Å². The second-order valence-corrected chi connectivity index (χ2v) is 5.91. The van der Waals surface area contributed by atoms with E-state index in [1.807, 2.05) is 12.1 Å². The fourth-order valence-corrected chi connectivity index (χ4v) is 2.66. The average Bonchev–Trinajstić information content (AvgIpc) is 2.46. The summed E-state index contributed by atoms with van der Waals surface area (Å²) >= 11 is 7.16. The molecule has 0 aliphatic heterocycles. The molecule has 2 aromatic rings. The molecule has 21 heavy (non-hydrogen) atoms. The molecule has 0 radical (unpaired) electrons. The van der Waals surface area contributed by atoms with E-state index < -0.39 is 4.92 Å². The van der Waals surface area contributed by atoms with E-state index in [0.29, 0.717) is 16.1 Å². The van der Waals surface area contributed by atoms with E-state index in [2.05, 4.69) is 0 Å². The number of benzene rings is 2. The number of carbonyl (C=O) groups excluding carboxylic acids is 1. The van der Waals surface area contributed by atoms with Crippen LogP contribution in [-0.2, 0) is 0 Å². The second kappa shape index (κ2) is 6.74. The largest absolute Gasteiger partial charge is 0.293 e. The third-order valence-electron chi connectivity index (χ3n) is 2.91. The molecule has 0 aliphatic rings. The number of nitro benzene ring substituents is 1. The van der Waals surface area contributed by atoms with Crippen molar-refractivity contribution < 1.29 is 9.72 Å². The van der Waals surface area contributed by atoms with Crippen LogP contribution in [0.4, 0.5) is 5.69 Å². The van der Waals surface area contributed by atoms with Gasteiger partial charge in [-0.25, -0.2) is 0 Å². The normalized spacial score (nSPS) is 10.4. The van der Waals surface area contributed by atoms with Crippen LogP contribution in [0, 0.1) is 17.0 Å². The molecule has 0 amide bonds. The molecule has 4 nitrogen and oxygen atoms in total. The highest BCUT2D eigenvalue weighted by Crippen LogP contribution is 2.23. The van der Waals surface area contributed by atoms with Gasteiger partial charge in [0.05, 0.1) is 10.7 Å². The van der Waals surface area contributed by atoms with Crippen molar-refractivity contribution >= 4 is 34.8 Å². The smallest absolute Gasteiger partial charge is 0.273 e. The number of hydrogen-bond donors (Lipinski definition) is 0. The van der Waals surface area contributed by atoms with Gasteiger partial charge in [0.15, 0.2) is 5.78 Å². The maximum atomic E-state index is 12.1. The summed E-state index contributed by atoms with van der Waals surface area (Å²) in [4.78, 5) is 23.4. The summed E-state index contributed by atoms with van der Waals surface area (Å²) in [6.45, 7) is 1.65. The number of halogens is 1. The lowest BCUT2D eigenvalue weighted by atomic mass is 10.1. The van der Waals surface area contributed by atoms with E-state index in [9.17, 15) is 14.9 Å². The Balaban J connectivity index is 2.08. The predicted molar refractivity (Wildman–Crippen MR) is 84.3 cm³/mol. The van der Waals surface area contributed by atoms with Gasteiger partial charge in [-0.15, -0.1) is 11.8 Å². The first-order valence-electron chi connectivity index (χ1n) is 6.14. The molecule has 0 bridgehead atoms. The summed E-state index contributed by atoms with van der Waals surface area (Å²) in [7, 11) is 0. The minimum Gasteiger partial charge on any atom is -0.293 e. The number of rotatable bonds is 5. The molecule has 2 aromatic carbocycles. The summed E-state index contributed by atoms with van der Waals surface area (Å²) < 4.78 is 0. The lowest BCUT2D eigenvalue weighted by molar-refractivity contribution is -0.385. The molecule has 6 heteroatoms. The average molecular weight is 322 g/mol. The first-order valence-corrected chi connectivity index (χ1v) is 7.50. The Kier molecular flexibility index (Phi) is 4.98. The maximum Gasteiger partial charge on any atom is 0.273 e. The number of ketones is 1. The number of Topliss-reactive ketones (excluding diaryl/α,β-unsaturated/α-hetero) is 1. The van der Waals surface area contributed by atoms with Crippen molar-refractivity contribution in [2.24, 2.45) is 0 Å². The highest BCUT2D eigenvalue weighted by Gasteiger charge is 2.15. The van der Waals surface area contributed by atoms with Crippen LogP contribution in [0.5, 0.6) is 0 Å². The summed E-state index contributed by atoms with van der Waals surface area (Å²) in [5.41, 5.74) is 0.869. The molecular weight excluding hydrogens is 310 g/mol. The number of carbonyl (C=O) groups is 1. The van der Waals surface area contributed by atoms with E-state index >= 15 is 0 Å². The van der Waals surface area contributed by atoms with E-state index in [-0.39, 0.29) is 17.2 Å². The Morgan fingerprint density at radius 1 is 1.24 bits per heavy atom. The van der Waals surface area contributed by atoms with Crippen molar-refractivity contribution in [2.75, 3.05) is 5.75 Å². The molecule has 0 fully saturated rings. The molecule has 0 aromatic heterocycles. The van der Waals surface area contributed by atoms with Crippen molar-refractivity contribution in [1.29, 1.82) is 0 Å². The van der Waals surface area contributed by atoms with Crippen LogP contribution >= 0.6 is 23.4 Å². The Labute approximate surface area is 131 Å². The maximum absolute atomic E-state index is 12.1. The topological polar surface area (TPSA) is 60.2 Å². The van der Waals surface area contributed by atoms with Gasteiger partial charge >= 0.3 is 0 Å². The standard InChI is InChI=1S/C15H12ClNO3S/c1-10-2-3-11(8-14(10)17(19)20)15(18)9-21-13-6-4-12(16)5-7-13/h2-8H,9H2,1H3. The van der Waals surface area contributed by atoms with Gasteiger partial charge in [-0.05, 0) is 31.2 Å². The SMILES string of the molecule is Cc1ccc(C(=O)CSc2ccc(Cl)cc2)cc1[N+](=O)[O-]. The molecule has 0 saturated heterocycles. The molecule has 0 saturated carbocycles. The van der Waals surface area contributed by atoms with Crippen molar-refractivity contribution in [2.45, 2.75) is 11.8 Å². The number of aryl methyl sites for hydroxylation is 1. The number of nitrogens with zero attached hydrogens (tertiary/aromatic N) is 1. The van der Waals surface area contributed by atoms with Crippen LogP contribution in [0.1, 0.15) is 15.9 Å². The molecule has 0 N–H and O–H groups in total. The predicted octanol–water partition coefficient (Wildman–Crippen LogP) is 4.53. The zero-order chi connectivity index (χ0) is 15.4. The summed E-state index contributed by atoms with van der Waals surface area (Å²) in [6.07, 6.45) is 0. The van der Waals surface area contributed by atoms with Crippen LogP contribution in [0.15, 0.2) is 47.4 Å². The zero-order valence-corrected chi connectivity index (χ0v) is 12.8. The van der Waals surface area contributed by atoms with Crippen molar-refractivity contribution in [3.8, 4) is 0 Å². The number of nitro groups is 1. The van der Waals surface area contributed by atoms with Crippen LogP contribution in [-0.4, -0.2) is 16.5 Å². The monoisotopic (exact) mass is 321 g/mol. The first kappa shape index (κ1) is 15.5. The van der Waals surface area contributed by atoms with Crippen LogP contribution < -0.4 is 0 Å². The molecule has 0 atom stereocenters. The molecule has 108 valence electrons. The van der Waals surface area contributed by atoms with Gasteiger partial charge in [-0.2, -0.15) is 0 Å². The van der Waals surface area contributed by atoms with Crippen LogP contribution in [0.3, 0.4) is 0 Å². The van der Waals surface area contributed by atoms with Gasteiger partial charge < -0.3 is 0 Å². The zero-order valence-electron chi connectivity index (χ0n) is 11.2. The van der Waals surface area contributed by atoms with Gasteiger partial charge in [0.25, 0.3) is 5.69 Å². The Bertz CT molecular complexity index is 686. The number of hydrogen-bond acceptors (Lipinski definition) is 4. The fraction of sp³-hybridized carbons (Fsp3) is 0.133. The summed E-state index contributed by atoms with van der Waals surface area (Å²) in [6, 6.07) is 11.7. The molecule has 2 rings (SSSR count). The minimum absolute atomic E-state index is 0.0302.